The van der Waals surface area contributed by atoms with Crippen molar-refractivity contribution in [1.29, 1.82) is 0 Å². The molecule has 0 aliphatic heterocycles. The second kappa shape index (κ2) is 3.69. The third-order valence-corrected chi connectivity index (χ3v) is 1.58. The summed E-state index contributed by atoms with van der Waals surface area (Å²) >= 11 is 0. The van der Waals surface area contributed by atoms with E-state index in [2.05, 4.69) is 15.2 Å². The second-order valence-corrected chi connectivity index (χ2v) is 2.54. The summed E-state index contributed by atoms with van der Waals surface area (Å²) in [7, 11) is 0. The van der Waals surface area contributed by atoms with Crippen LogP contribution in [0.2, 0.25) is 0 Å². The molecule has 1 N–H and O–H groups in total. The normalized spacial score (nSPS) is 9.71. The van der Waals surface area contributed by atoms with Crippen LogP contribution >= 0.6 is 0 Å². The third kappa shape index (κ3) is 1.77. The molecule has 2 aromatic rings. The molecule has 0 amide bonds. The average molecular weight is 189 g/mol. The number of ether oxygens (including phenoxy) is 1. The Kier molecular flexibility index (Phi) is 2.22. The van der Waals surface area contributed by atoms with Crippen LogP contribution in [0.4, 0.5) is 0 Å². The Labute approximate surface area is 79.7 Å². The van der Waals surface area contributed by atoms with Crippen molar-refractivity contribution in [2.24, 2.45) is 0 Å². The van der Waals surface area contributed by atoms with Crippen LogP contribution in [0.15, 0.2) is 36.8 Å². The number of carbonyl (C=O) groups is 1. The minimum Gasteiger partial charge on any atom is -0.422 e. The fourth-order valence-corrected chi connectivity index (χ4v) is 0.938. The monoisotopic (exact) mass is 189 g/mol. The highest BCUT2D eigenvalue weighted by molar-refractivity contribution is 5.88. The summed E-state index contributed by atoms with van der Waals surface area (Å²) in [5.74, 6) is -0.00620. The zero-order valence-corrected chi connectivity index (χ0v) is 7.18. The number of H-pyrrole nitrogens is 1. The van der Waals surface area contributed by atoms with E-state index in [0.717, 1.165) is 0 Å². The van der Waals surface area contributed by atoms with Crippen molar-refractivity contribution in [1.82, 2.24) is 15.2 Å². The molecular weight excluding hydrogens is 182 g/mol. The molecule has 0 spiro atoms. The van der Waals surface area contributed by atoms with Crippen LogP contribution in [0, 0.1) is 0 Å². The molecule has 0 saturated carbocycles. The topological polar surface area (TPSA) is 67.9 Å². The van der Waals surface area contributed by atoms with Gasteiger partial charge in [-0.15, -0.1) is 0 Å². The number of nitrogens with one attached hydrogen (secondary N) is 1. The Morgan fingerprint density at radius 2 is 2.00 bits per heavy atom. The lowest BCUT2D eigenvalue weighted by Gasteiger charge is -2.00. The quantitative estimate of drug-likeness (QED) is 0.716. The Morgan fingerprint density at radius 3 is 2.64 bits per heavy atom. The molecule has 0 aliphatic carbocycles. The lowest BCUT2D eigenvalue weighted by molar-refractivity contribution is 0.0728. The van der Waals surface area contributed by atoms with Gasteiger partial charge in [0, 0.05) is 18.6 Å². The van der Waals surface area contributed by atoms with E-state index in [0.29, 0.717) is 11.4 Å². The third-order valence-electron chi connectivity index (χ3n) is 1.58. The van der Waals surface area contributed by atoms with Crippen molar-refractivity contribution in [3.63, 3.8) is 0 Å². The van der Waals surface area contributed by atoms with E-state index in [9.17, 15) is 4.79 Å². The van der Waals surface area contributed by atoms with Crippen molar-refractivity contribution < 1.29 is 9.53 Å². The predicted molar refractivity (Wildman–Crippen MR) is 47.8 cm³/mol. The molecule has 2 aromatic heterocycles. The summed E-state index contributed by atoms with van der Waals surface area (Å²) in [5.41, 5.74) is 0.321. The Bertz CT molecular complexity index is 411. The minimum absolute atomic E-state index is 0.321. The van der Waals surface area contributed by atoms with Crippen molar-refractivity contribution in [2.75, 3.05) is 0 Å². The summed E-state index contributed by atoms with van der Waals surface area (Å²) in [4.78, 5) is 15.2. The first kappa shape index (κ1) is 8.43. The SMILES string of the molecule is O=C(Oc1ccncc1)c1ccn[nH]1. The fourth-order valence-electron chi connectivity index (χ4n) is 0.938. The van der Waals surface area contributed by atoms with Crippen LogP contribution in [0.5, 0.6) is 5.75 Å². The van der Waals surface area contributed by atoms with Crippen LogP contribution in [-0.2, 0) is 0 Å². The molecule has 0 aliphatic rings. The van der Waals surface area contributed by atoms with Gasteiger partial charge in [0.1, 0.15) is 11.4 Å². The molecular formula is C9H7N3O2. The predicted octanol–water partition coefficient (Wildman–Crippen LogP) is 1.02. The van der Waals surface area contributed by atoms with Gasteiger partial charge < -0.3 is 4.74 Å². The van der Waals surface area contributed by atoms with Gasteiger partial charge in [0.15, 0.2) is 0 Å². The summed E-state index contributed by atoms with van der Waals surface area (Å²) in [6, 6.07) is 4.76. The lowest BCUT2D eigenvalue weighted by atomic mass is 10.4. The fraction of sp³-hybridized carbons (Fsp3) is 0. The molecule has 0 aromatic carbocycles. The highest BCUT2D eigenvalue weighted by atomic mass is 16.5. The molecule has 2 rings (SSSR count). The highest BCUT2D eigenvalue weighted by Gasteiger charge is 2.08. The van der Waals surface area contributed by atoms with Gasteiger partial charge in [-0.05, 0) is 18.2 Å². The molecule has 2 heterocycles. The number of aromatic amines is 1. The molecule has 5 nitrogen and oxygen atoms in total. The van der Waals surface area contributed by atoms with Crippen molar-refractivity contribution in [2.45, 2.75) is 0 Å². The van der Waals surface area contributed by atoms with Gasteiger partial charge in [0.25, 0.3) is 0 Å². The molecule has 0 fully saturated rings. The molecule has 0 bridgehead atoms. The summed E-state index contributed by atoms with van der Waals surface area (Å²) in [5, 5.41) is 6.16. The standard InChI is InChI=1S/C9H7N3O2/c13-9(8-3-6-11-12-8)14-7-1-4-10-5-2-7/h1-6H,(H,11,12). The van der Waals surface area contributed by atoms with Gasteiger partial charge in [-0.3, -0.25) is 10.1 Å². The smallest absolute Gasteiger partial charge is 0.361 e. The van der Waals surface area contributed by atoms with E-state index in [-0.39, 0.29) is 0 Å². The largest absolute Gasteiger partial charge is 0.422 e. The van der Waals surface area contributed by atoms with Crippen LogP contribution in [0.3, 0.4) is 0 Å². The molecule has 5 heteroatoms. The zero-order chi connectivity index (χ0) is 9.80. The maximum atomic E-state index is 11.4. The Morgan fingerprint density at radius 1 is 1.21 bits per heavy atom. The summed E-state index contributed by atoms with van der Waals surface area (Å²) < 4.78 is 5.01. The number of hydrogen-bond donors (Lipinski definition) is 1. The zero-order valence-electron chi connectivity index (χ0n) is 7.18. The van der Waals surface area contributed by atoms with E-state index in [1.54, 1.807) is 30.6 Å². The average Bonchev–Trinajstić information content (AvgIpc) is 2.72. The first-order chi connectivity index (χ1) is 6.86. The van der Waals surface area contributed by atoms with Gasteiger partial charge in [-0.1, -0.05) is 0 Å². The number of rotatable bonds is 2. The lowest BCUT2D eigenvalue weighted by Crippen LogP contribution is -2.08. The van der Waals surface area contributed by atoms with E-state index < -0.39 is 5.97 Å². The van der Waals surface area contributed by atoms with Gasteiger partial charge in [-0.25, -0.2) is 4.79 Å². The van der Waals surface area contributed by atoms with Crippen LogP contribution in [0.1, 0.15) is 10.5 Å². The molecule has 0 radical (unpaired) electrons. The van der Waals surface area contributed by atoms with E-state index in [1.165, 1.54) is 6.20 Å². The maximum absolute atomic E-state index is 11.4. The van der Waals surface area contributed by atoms with Gasteiger partial charge in [-0.2, -0.15) is 5.10 Å². The molecule has 0 atom stereocenters. The van der Waals surface area contributed by atoms with Crippen LogP contribution in [-0.4, -0.2) is 21.2 Å². The molecule has 0 unspecified atom stereocenters. The van der Waals surface area contributed by atoms with Crippen molar-refractivity contribution >= 4 is 5.97 Å². The maximum Gasteiger partial charge on any atom is 0.361 e. The Balaban J connectivity index is 2.10. The van der Waals surface area contributed by atoms with Crippen molar-refractivity contribution in [3.05, 3.63) is 42.5 Å². The van der Waals surface area contributed by atoms with Gasteiger partial charge >= 0.3 is 5.97 Å². The number of hydrogen-bond acceptors (Lipinski definition) is 4. The van der Waals surface area contributed by atoms with Crippen LogP contribution < -0.4 is 4.74 Å². The second-order valence-electron chi connectivity index (χ2n) is 2.54. The Hall–Kier alpha value is -2.17. The number of esters is 1. The molecule has 70 valence electrons. The van der Waals surface area contributed by atoms with E-state index >= 15 is 0 Å². The highest BCUT2D eigenvalue weighted by Crippen LogP contribution is 2.08. The number of carbonyl (C=O) groups excluding carboxylic acids is 1. The van der Waals surface area contributed by atoms with Gasteiger partial charge in [0.2, 0.25) is 0 Å². The number of pyridine rings is 1. The van der Waals surface area contributed by atoms with E-state index in [4.69, 9.17) is 4.74 Å². The molecule has 14 heavy (non-hydrogen) atoms. The first-order valence-electron chi connectivity index (χ1n) is 3.98. The first-order valence-corrected chi connectivity index (χ1v) is 3.98. The van der Waals surface area contributed by atoms with Gasteiger partial charge in [0.05, 0.1) is 0 Å². The van der Waals surface area contributed by atoms with E-state index in [1.807, 2.05) is 0 Å². The molecule has 0 saturated heterocycles. The summed E-state index contributed by atoms with van der Waals surface area (Å²) in [6.07, 6.45) is 4.59. The number of aromatic nitrogens is 3. The van der Waals surface area contributed by atoms with Crippen molar-refractivity contribution in [3.8, 4) is 5.75 Å². The number of nitrogens with zero attached hydrogens (tertiary/aromatic N) is 2. The minimum atomic E-state index is -0.464. The van der Waals surface area contributed by atoms with Crippen LogP contribution in [0.25, 0.3) is 0 Å². The summed E-state index contributed by atoms with van der Waals surface area (Å²) in [6.45, 7) is 0.